The van der Waals surface area contributed by atoms with Crippen molar-refractivity contribution in [3.8, 4) is 0 Å². The molecule has 0 bridgehead atoms. The first-order valence-electron chi connectivity index (χ1n) is 5.77. The van der Waals surface area contributed by atoms with E-state index in [1.54, 1.807) is 11.8 Å². The summed E-state index contributed by atoms with van der Waals surface area (Å²) in [6.07, 6.45) is 2.21. The molecule has 0 radical (unpaired) electrons. The van der Waals surface area contributed by atoms with E-state index < -0.39 is 10.1 Å². The fraction of sp³-hybridized carbons (Fsp3) is 0.231. The monoisotopic (exact) mass is 297 g/mol. The fourth-order valence-electron chi connectivity index (χ4n) is 1.70. The van der Waals surface area contributed by atoms with E-state index in [1.165, 1.54) is 0 Å². The third-order valence-corrected chi connectivity index (χ3v) is 4.47. The molecule has 0 saturated carbocycles. The van der Waals surface area contributed by atoms with Gasteiger partial charge in [-0.25, -0.2) is 0 Å². The summed E-state index contributed by atoms with van der Waals surface area (Å²) in [5, 5.41) is 1.04. The molecule has 0 aliphatic heterocycles. The summed E-state index contributed by atoms with van der Waals surface area (Å²) in [5.41, 5.74) is 0.901. The maximum Gasteiger partial charge on any atom is 0.265 e. The summed E-state index contributed by atoms with van der Waals surface area (Å²) < 4.78 is 32.2. The van der Waals surface area contributed by atoms with Gasteiger partial charge in [-0.2, -0.15) is 8.42 Å². The topological polar surface area (TPSA) is 59.3 Å². The zero-order chi connectivity index (χ0) is 13.9. The third-order valence-electron chi connectivity index (χ3n) is 2.63. The lowest BCUT2D eigenvalue weighted by atomic mass is 10.3. The highest BCUT2D eigenvalue weighted by Crippen LogP contribution is 2.28. The standard InChI is InChI=1S/C13H15NO3S2/c1-14-10-11(7-8-19(15,16)17)9-13(14)18-12-5-3-2-4-6-12/h2-6,9-10H,7-8H2,1H3,(H,15,16,17). The molecule has 0 unspecified atom stereocenters. The minimum atomic E-state index is -3.90. The Bertz CT molecular complexity index is 648. The highest BCUT2D eigenvalue weighted by molar-refractivity contribution is 7.99. The van der Waals surface area contributed by atoms with Crippen LogP contribution in [0.25, 0.3) is 0 Å². The lowest BCUT2D eigenvalue weighted by Crippen LogP contribution is -2.05. The predicted octanol–water partition coefficient (Wildman–Crippen LogP) is 2.61. The number of benzene rings is 1. The Morgan fingerprint density at radius 3 is 2.58 bits per heavy atom. The van der Waals surface area contributed by atoms with Crippen LogP contribution >= 0.6 is 11.8 Å². The maximum absolute atomic E-state index is 10.7. The molecule has 19 heavy (non-hydrogen) atoms. The number of aromatic nitrogens is 1. The molecule has 1 heterocycles. The van der Waals surface area contributed by atoms with Gasteiger partial charge in [0.25, 0.3) is 10.1 Å². The van der Waals surface area contributed by atoms with Crippen LogP contribution in [0.2, 0.25) is 0 Å². The Labute approximate surface area is 117 Å². The van der Waals surface area contributed by atoms with Gasteiger partial charge in [0.1, 0.15) is 0 Å². The first-order valence-corrected chi connectivity index (χ1v) is 8.20. The number of hydrogen-bond acceptors (Lipinski definition) is 3. The normalized spacial score (nSPS) is 11.7. The van der Waals surface area contributed by atoms with Crippen LogP contribution in [-0.2, 0) is 23.6 Å². The van der Waals surface area contributed by atoms with Crippen LogP contribution < -0.4 is 0 Å². The van der Waals surface area contributed by atoms with Gasteiger partial charge in [0.05, 0.1) is 10.8 Å². The molecule has 0 amide bonds. The summed E-state index contributed by atoms with van der Waals surface area (Å²) in [6, 6.07) is 11.9. The Balaban J connectivity index is 2.09. The van der Waals surface area contributed by atoms with Crippen molar-refractivity contribution in [2.24, 2.45) is 7.05 Å². The van der Waals surface area contributed by atoms with Gasteiger partial charge in [0.2, 0.25) is 0 Å². The molecule has 0 atom stereocenters. The second kappa shape index (κ2) is 5.81. The van der Waals surface area contributed by atoms with E-state index in [0.717, 1.165) is 15.5 Å². The molecule has 0 saturated heterocycles. The van der Waals surface area contributed by atoms with Gasteiger partial charge >= 0.3 is 0 Å². The van der Waals surface area contributed by atoms with Crippen LogP contribution in [0.15, 0.2) is 52.5 Å². The van der Waals surface area contributed by atoms with Gasteiger partial charge in [-0.05, 0) is 30.2 Å². The van der Waals surface area contributed by atoms with Gasteiger partial charge in [-0.3, -0.25) is 4.55 Å². The molecule has 0 fully saturated rings. The molecular formula is C13H15NO3S2. The average molecular weight is 297 g/mol. The molecule has 1 N–H and O–H groups in total. The van der Waals surface area contributed by atoms with Crippen LogP contribution in [0.4, 0.5) is 0 Å². The van der Waals surface area contributed by atoms with Gasteiger partial charge in [-0.1, -0.05) is 30.0 Å². The summed E-state index contributed by atoms with van der Waals surface area (Å²) in [5.74, 6) is -0.244. The molecular weight excluding hydrogens is 282 g/mol. The van der Waals surface area contributed by atoms with Crippen molar-refractivity contribution in [2.45, 2.75) is 16.3 Å². The second-order valence-electron chi connectivity index (χ2n) is 4.25. The van der Waals surface area contributed by atoms with Crippen LogP contribution in [0.5, 0.6) is 0 Å². The Hall–Kier alpha value is -1.24. The summed E-state index contributed by atoms with van der Waals surface area (Å²) >= 11 is 1.62. The van der Waals surface area contributed by atoms with Crippen molar-refractivity contribution in [3.05, 3.63) is 48.2 Å². The predicted molar refractivity (Wildman–Crippen MR) is 76.1 cm³/mol. The minimum absolute atomic E-state index is 0.244. The minimum Gasteiger partial charge on any atom is -0.345 e. The lowest BCUT2D eigenvalue weighted by Gasteiger charge is -2.01. The van der Waals surface area contributed by atoms with Crippen molar-refractivity contribution in [3.63, 3.8) is 0 Å². The molecule has 102 valence electrons. The lowest BCUT2D eigenvalue weighted by molar-refractivity contribution is 0.482. The van der Waals surface area contributed by atoms with Gasteiger partial charge in [0, 0.05) is 18.1 Å². The van der Waals surface area contributed by atoms with E-state index in [4.69, 9.17) is 4.55 Å². The van der Waals surface area contributed by atoms with Gasteiger partial charge in [-0.15, -0.1) is 0 Å². The van der Waals surface area contributed by atoms with E-state index in [2.05, 4.69) is 0 Å². The van der Waals surface area contributed by atoms with Crippen molar-refractivity contribution in [1.82, 2.24) is 4.57 Å². The van der Waals surface area contributed by atoms with E-state index in [-0.39, 0.29) is 5.75 Å². The molecule has 2 rings (SSSR count). The van der Waals surface area contributed by atoms with E-state index >= 15 is 0 Å². The summed E-state index contributed by atoms with van der Waals surface area (Å²) in [6.45, 7) is 0. The maximum atomic E-state index is 10.7. The smallest absolute Gasteiger partial charge is 0.265 e. The number of nitrogens with zero attached hydrogens (tertiary/aromatic N) is 1. The van der Waals surface area contributed by atoms with Crippen LogP contribution in [0, 0.1) is 0 Å². The molecule has 6 heteroatoms. The number of rotatable bonds is 5. The van der Waals surface area contributed by atoms with E-state index in [1.807, 2.05) is 54.2 Å². The summed E-state index contributed by atoms with van der Waals surface area (Å²) in [4.78, 5) is 1.13. The molecule has 4 nitrogen and oxygen atoms in total. The molecule has 0 aliphatic carbocycles. The van der Waals surface area contributed by atoms with Gasteiger partial charge in [0.15, 0.2) is 0 Å². The van der Waals surface area contributed by atoms with Crippen LogP contribution in [-0.4, -0.2) is 23.3 Å². The molecule has 0 spiro atoms. The highest BCUT2D eigenvalue weighted by Gasteiger charge is 2.09. The highest BCUT2D eigenvalue weighted by atomic mass is 32.2. The second-order valence-corrected chi connectivity index (χ2v) is 6.91. The largest absolute Gasteiger partial charge is 0.345 e. The average Bonchev–Trinajstić information content (AvgIpc) is 2.68. The quantitative estimate of drug-likeness (QED) is 0.862. The third kappa shape index (κ3) is 4.41. The molecule has 1 aromatic heterocycles. The zero-order valence-corrected chi connectivity index (χ0v) is 12.1. The molecule has 0 aliphatic rings. The van der Waals surface area contributed by atoms with Crippen molar-refractivity contribution in [1.29, 1.82) is 0 Å². The van der Waals surface area contributed by atoms with Crippen LogP contribution in [0.1, 0.15) is 5.56 Å². The van der Waals surface area contributed by atoms with Crippen molar-refractivity contribution >= 4 is 21.9 Å². The first-order chi connectivity index (χ1) is 8.94. The van der Waals surface area contributed by atoms with Crippen LogP contribution in [0.3, 0.4) is 0 Å². The number of hydrogen-bond donors (Lipinski definition) is 1. The Morgan fingerprint density at radius 1 is 1.26 bits per heavy atom. The Kier molecular flexibility index (Phi) is 4.34. The van der Waals surface area contributed by atoms with Crippen molar-refractivity contribution < 1.29 is 13.0 Å². The number of aryl methyl sites for hydroxylation is 2. The fourth-order valence-corrected chi connectivity index (χ4v) is 3.14. The zero-order valence-electron chi connectivity index (χ0n) is 10.5. The Morgan fingerprint density at radius 2 is 1.95 bits per heavy atom. The van der Waals surface area contributed by atoms with Gasteiger partial charge < -0.3 is 4.57 Å². The SMILES string of the molecule is Cn1cc(CCS(=O)(=O)O)cc1Sc1ccccc1. The molecule has 1 aromatic carbocycles. The van der Waals surface area contributed by atoms with E-state index in [0.29, 0.717) is 6.42 Å². The van der Waals surface area contributed by atoms with Crippen molar-refractivity contribution in [2.75, 3.05) is 5.75 Å². The van der Waals surface area contributed by atoms with E-state index in [9.17, 15) is 8.42 Å². The first kappa shape index (κ1) is 14.2. The summed E-state index contributed by atoms with van der Waals surface area (Å²) in [7, 11) is -1.98. The molecule has 2 aromatic rings.